The minimum Gasteiger partial charge on any atom is -0.429 e. The Morgan fingerprint density at radius 2 is 1.91 bits per heavy atom. The third kappa shape index (κ3) is 1.45. The Hall–Kier alpha value is -0.0151. The highest BCUT2D eigenvalue weighted by Gasteiger charge is 2.48. The van der Waals surface area contributed by atoms with Gasteiger partial charge in [0.05, 0.1) is 5.60 Å². The van der Waals surface area contributed by atoms with Gasteiger partial charge >= 0.3 is 6.92 Å². The summed E-state index contributed by atoms with van der Waals surface area (Å²) in [5.41, 5.74) is 5.80. The molecular weight excluding hydrogens is 137 g/mol. The highest BCUT2D eigenvalue weighted by atomic mass is 16.5. The van der Waals surface area contributed by atoms with Crippen molar-refractivity contribution in [2.75, 3.05) is 6.44 Å². The first-order valence-electron chi connectivity index (χ1n) is 4.27. The molecule has 0 aromatic rings. The van der Waals surface area contributed by atoms with Crippen LogP contribution in [0, 0.1) is 5.41 Å². The molecule has 11 heavy (non-hydrogen) atoms. The standard InChI is InChI=1S/C8H18BNO/c1-7(2)5-9(6-10)11-8(7,3)4/h5-6,10H2,1-4H3. The maximum atomic E-state index is 5.79. The highest BCUT2D eigenvalue weighted by molar-refractivity contribution is 6.53. The van der Waals surface area contributed by atoms with Crippen molar-refractivity contribution in [2.24, 2.45) is 11.1 Å². The molecule has 1 aliphatic heterocycles. The first kappa shape index (κ1) is 9.08. The summed E-state index contributed by atoms with van der Waals surface area (Å²) in [5.74, 6) is 0. The molecule has 1 fully saturated rings. The Kier molecular flexibility index (Phi) is 2.06. The molecule has 0 unspecified atom stereocenters. The third-order valence-corrected chi connectivity index (χ3v) is 3.09. The summed E-state index contributed by atoms with van der Waals surface area (Å²) in [6, 6.07) is 0. The van der Waals surface area contributed by atoms with Crippen LogP contribution in [0.2, 0.25) is 6.32 Å². The second kappa shape index (κ2) is 2.49. The van der Waals surface area contributed by atoms with Gasteiger partial charge in [0.2, 0.25) is 0 Å². The van der Waals surface area contributed by atoms with Crippen molar-refractivity contribution in [3.63, 3.8) is 0 Å². The van der Waals surface area contributed by atoms with Crippen molar-refractivity contribution < 1.29 is 4.65 Å². The van der Waals surface area contributed by atoms with Crippen LogP contribution >= 0.6 is 0 Å². The Labute approximate surface area is 69.6 Å². The Balaban J connectivity index is 2.72. The van der Waals surface area contributed by atoms with Gasteiger partial charge < -0.3 is 10.4 Å². The van der Waals surface area contributed by atoms with E-state index in [-0.39, 0.29) is 17.9 Å². The van der Waals surface area contributed by atoms with Crippen molar-refractivity contribution >= 4 is 6.92 Å². The zero-order chi connectivity index (χ0) is 8.70. The normalized spacial score (nSPS) is 27.5. The lowest BCUT2D eigenvalue weighted by Gasteiger charge is -2.34. The fraction of sp³-hybridized carbons (Fsp3) is 1.00. The van der Waals surface area contributed by atoms with Crippen molar-refractivity contribution in [3.05, 3.63) is 0 Å². The van der Waals surface area contributed by atoms with Gasteiger partial charge in [0.1, 0.15) is 0 Å². The van der Waals surface area contributed by atoms with Gasteiger partial charge in [-0.25, -0.2) is 0 Å². The van der Waals surface area contributed by atoms with E-state index < -0.39 is 0 Å². The first-order valence-corrected chi connectivity index (χ1v) is 4.27. The molecule has 3 heteroatoms. The van der Waals surface area contributed by atoms with Gasteiger partial charge in [-0.15, -0.1) is 0 Å². The second-order valence-electron chi connectivity index (χ2n) is 4.57. The van der Waals surface area contributed by atoms with Crippen LogP contribution in [-0.4, -0.2) is 19.0 Å². The van der Waals surface area contributed by atoms with E-state index in [0.29, 0.717) is 6.44 Å². The molecule has 0 amide bonds. The molecule has 64 valence electrons. The largest absolute Gasteiger partial charge is 0.429 e. The van der Waals surface area contributed by atoms with Crippen molar-refractivity contribution in [1.29, 1.82) is 0 Å². The molecule has 0 radical (unpaired) electrons. The first-order chi connectivity index (χ1) is 4.89. The average molecular weight is 155 g/mol. The van der Waals surface area contributed by atoms with E-state index in [4.69, 9.17) is 10.4 Å². The van der Waals surface area contributed by atoms with Crippen LogP contribution in [0.15, 0.2) is 0 Å². The third-order valence-electron chi connectivity index (χ3n) is 3.09. The summed E-state index contributed by atoms with van der Waals surface area (Å²) < 4.78 is 5.79. The summed E-state index contributed by atoms with van der Waals surface area (Å²) in [5, 5.41) is 0. The summed E-state index contributed by atoms with van der Waals surface area (Å²) in [6.45, 7) is 9.02. The molecule has 1 rings (SSSR count). The lowest BCUT2D eigenvalue weighted by molar-refractivity contribution is 0.0363. The van der Waals surface area contributed by atoms with Crippen LogP contribution in [0.25, 0.3) is 0 Å². The lowest BCUT2D eigenvalue weighted by Crippen LogP contribution is -2.35. The van der Waals surface area contributed by atoms with Crippen molar-refractivity contribution in [3.8, 4) is 0 Å². The summed E-state index contributed by atoms with van der Waals surface area (Å²) >= 11 is 0. The van der Waals surface area contributed by atoms with Crippen molar-refractivity contribution in [2.45, 2.75) is 39.6 Å². The lowest BCUT2D eigenvalue weighted by atomic mass is 9.59. The molecule has 0 saturated carbocycles. The van der Waals surface area contributed by atoms with Crippen LogP contribution in [0.3, 0.4) is 0 Å². The van der Waals surface area contributed by atoms with Gasteiger partial charge in [0.25, 0.3) is 0 Å². The predicted molar refractivity (Wildman–Crippen MR) is 48.6 cm³/mol. The molecule has 0 aromatic heterocycles. The van der Waals surface area contributed by atoms with Gasteiger partial charge in [-0.1, -0.05) is 13.8 Å². The molecule has 0 atom stereocenters. The van der Waals surface area contributed by atoms with Gasteiger partial charge in [-0.2, -0.15) is 0 Å². The topological polar surface area (TPSA) is 35.2 Å². The fourth-order valence-electron chi connectivity index (χ4n) is 1.56. The van der Waals surface area contributed by atoms with E-state index in [9.17, 15) is 0 Å². The highest BCUT2D eigenvalue weighted by Crippen LogP contribution is 2.44. The van der Waals surface area contributed by atoms with E-state index in [1.807, 2.05) is 0 Å². The Bertz CT molecular complexity index is 140. The van der Waals surface area contributed by atoms with Crippen LogP contribution in [0.4, 0.5) is 0 Å². The SMILES string of the molecule is CC1(C)CB(CN)OC1(C)C. The summed E-state index contributed by atoms with van der Waals surface area (Å²) in [7, 11) is 0. The molecule has 2 N–H and O–H groups in total. The molecule has 2 nitrogen and oxygen atoms in total. The molecule has 1 heterocycles. The van der Waals surface area contributed by atoms with Crippen LogP contribution in [0.5, 0.6) is 0 Å². The smallest absolute Gasteiger partial charge is 0.308 e. The summed E-state index contributed by atoms with van der Waals surface area (Å²) in [4.78, 5) is 0. The van der Waals surface area contributed by atoms with Gasteiger partial charge in [-0.3, -0.25) is 0 Å². The van der Waals surface area contributed by atoms with Crippen LogP contribution in [0.1, 0.15) is 27.7 Å². The van der Waals surface area contributed by atoms with Crippen LogP contribution in [-0.2, 0) is 4.65 Å². The van der Waals surface area contributed by atoms with Gasteiger partial charge in [-0.05, 0) is 32.0 Å². The van der Waals surface area contributed by atoms with E-state index in [2.05, 4.69) is 27.7 Å². The quantitative estimate of drug-likeness (QED) is 0.579. The molecule has 0 spiro atoms. The summed E-state index contributed by atoms with van der Waals surface area (Å²) in [6.07, 6.45) is 1.73. The van der Waals surface area contributed by atoms with Crippen molar-refractivity contribution in [1.82, 2.24) is 0 Å². The maximum absolute atomic E-state index is 5.79. The minimum absolute atomic E-state index is 0.0168. The number of hydrogen-bond acceptors (Lipinski definition) is 2. The molecule has 1 saturated heterocycles. The minimum atomic E-state index is -0.0168. The van der Waals surface area contributed by atoms with Gasteiger partial charge in [0, 0.05) is 0 Å². The molecular formula is C8H18BNO. The zero-order valence-electron chi connectivity index (χ0n) is 7.98. The van der Waals surface area contributed by atoms with E-state index in [0.717, 1.165) is 6.32 Å². The molecule has 0 bridgehead atoms. The number of rotatable bonds is 1. The van der Waals surface area contributed by atoms with E-state index in [1.165, 1.54) is 0 Å². The number of nitrogens with two attached hydrogens (primary N) is 1. The van der Waals surface area contributed by atoms with E-state index in [1.54, 1.807) is 0 Å². The van der Waals surface area contributed by atoms with Gasteiger partial charge in [0.15, 0.2) is 0 Å². The molecule has 0 aliphatic carbocycles. The average Bonchev–Trinajstić information content (AvgIpc) is 2.03. The molecule has 1 aliphatic rings. The molecule has 0 aromatic carbocycles. The Morgan fingerprint density at radius 3 is 2.09 bits per heavy atom. The maximum Gasteiger partial charge on any atom is 0.308 e. The monoisotopic (exact) mass is 155 g/mol. The van der Waals surface area contributed by atoms with E-state index >= 15 is 0 Å². The predicted octanol–water partition coefficient (Wildman–Crippen LogP) is 1.31. The van der Waals surface area contributed by atoms with Crippen LogP contribution < -0.4 is 5.73 Å². The second-order valence-corrected chi connectivity index (χ2v) is 4.57. The number of hydrogen-bond donors (Lipinski definition) is 1. The Morgan fingerprint density at radius 1 is 1.36 bits per heavy atom. The zero-order valence-corrected chi connectivity index (χ0v) is 7.98. The fourth-order valence-corrected chi connectivity index (χ4v) is 1.56.